The summed E-state index contributed by atoms with van der Waals surface area (Å²) in [7, 11) is 1.34. The second kappa shape index (κ2) is 5.09. The normalized spacial score (nSPS) is 11.4. The van der Waals surface area contributed by atoms with Crippen LogP contribution in [0.1, 0.15) is 13.3 Å². The van der Waals surface area contributed by atoms with E-state index >= 15 is 0 Å². The minimum absolute atomic E-state index is 0.120. The van der Waals surface area contributed by atoms with Crippen molar-refractivity contribution < 1.29 is 9.53 Å². The number of carbonyl (C=O) groups is 1. The van der Waals surface area contributed by atoms with E-state index in [0.717, 1.165) is 0 Å². The number of aliphatic imine (C=N–C) groups is 1. The molecule has 0 saturated heterocycles. The number of methoxy groups -OCH3 is 1. The van der Waals surface area contributed by atoms with E-state index in [9.17, 15) is 4.79 Å². The predicted octanol–water partition coefficient (Wildman–Crippen LogP) is 1.04. The van der Waals surface area contributed by atoms with E-state index in [4.69, 9.17) is 0 Å². The van der Waals surface area contributed by atoms with E-state index in [2.05, 4.69) is 27.1 Å². The topological polar surface area (TPSA) is 38.7 Å². The van der Waals surface area contributed by atoms with Crippen LogP contribution in [-0.4, -0.2) is 24.3 Å². The lowest BCUT2D eigenvalue weighted by molar-refractivity contribution is -0.140. The van der Waals surface area contributed by atoms with Crippen molar-refractivity contribution in [2.45, 2.75) is 19.4 Å². The van der Waals surface area contributed by atoms with Crippen LogP contribution >= 0.6 is 12.2 Å². The van der Waals surface area contributed by atoms with Crippen molar-refractivity contribution in [3.63, 3.8) is 0 Å². The molecule has 0 radical (unpaired) electrons. The monoisotopic (exact) mass is 159 g/mol. The van der Waals surface area contributed by atoms with Crippen LogP contribution in [0.3, 0.4) is 0 Å². The summed E-state index contributed by atoms with van der Waals surface area (Å²) in [5, 5.41) is 2.20. The first-order valence-electron chi connectivity index (χ1n) is 2.84. The summed E-state index contributed by atoms with van der Waals surface area (Å²) in [5.41, 5.74) is 0. The van der Waals surface area contributed by atoms with Crippen LogP contribution in [-0.2, 0) is 9.53 Å². The van der Waals surface area contributed by atoms with Gasteiger partial charge in [-0.25, -0.2) is 4.99 Å². The quantitative estimate of drug-likeness (QED) is 0.351. The summed E-state index contributed by atoms with van der Waals surface area (Å²) in [6.45, 7) is 1.77. The van der Waals surface area contributed by atoms with Crippen molar-refractivity contribution >= 4 is 23.3 Å². The number of nitrogens with zero attached hydrogens (tertiary/aromatic N) is 1. The number of esters is 1. The van der Waals surface area contributed by atoms with Crippen molar-refractivity contribution in [1.29, 1.82) is 0 Å². The average molecular weight is 159 g/mol. The Morgan fingerprint density at radius 2 is 2.50 bits per heavy atom. The van der Waals surface area contributed by atoms with E-state index < -0.39 is 0 Å². The number of carbonyl (C=O) groups excluding carboxylic acids is 1. The third-order valence-corrected chi connectivity index (χ3v) is 1.07. The lowest BCUT2D eigenvalue weighted by Gasteiger charge is -2.00. The number of thiocarbonyl (C=S) groups is 1. The number of hydrogen-bond acceptors (Lipinski definition) is 4. The minimum Gasteiger partial charge on any atom is -0.469 e. The highest BCUT2D eigenvalue weighted by Gasteiger charge is 2.05. The van der Waals surface area contributed by atoms with Gasteiger partial charge in [0, 0.05) is 0 Å². The van der Waals surface area contributed by atoms with Gasteiger partial charge in [-0.2, -0.15) is 0 Å². The molecule has 0 saturated carbocycles. The smallest absolute Gasteiger partial charge is 0.307 e. The molecule has 0 N–H and O–H groups in total. The van der Waals surface area contributed by atoms with Crippen LogP contribution in [0.25, 0.3) is 0 Å². The second-order valence-electron chi connectivity index (χ2n) is 1.85. The fourth-order valence-electron chi connectivity index (χ4n) is 0.460. The summed E-state index contributed by atoms with van der Waals surface area (Å²) in [5.74, 6) is -0.276. The summed E-state index contributed by atoms with van der Waals surface area (Å²) in [4.78, 5) is 14.2. The van der Waals surface area contributed by atoms with Crippen LogP contribution < -0.4 is 0 Å². The van der Waals surface area contributed by atoms with E-state index in [-0.39, 0.29) is 18.4 Å². The molecule has 0 aliphatic carbocycles. The fourth-order valence-corrected chi connectivity index (χ4v) is 0.640. The van der Waals surface area contributed by atoms with Gasteiger partial charge in [-0.1, -0.05) is 0 Å². The maximum Gasteiger partial charge on any atom is 0.307 e. The maximum atomic E-state index is 10.6. The highest BCUT2D eigenvalue weighted by Crippen LogP contribution is 1.96. The summed E-state index contributed by atoms with van der Waals surface area (Å²) in [6.07, 6.45) is 0.264. The van der Waals surface area contributed by atoms with Crippen molar-refractivity contribution in [1.82, 2.24) is 0 Å². The number of ether oxygens (including phenoxy) is 1. The van der Waals surface area contributed by atoms with Gasteiger partial charge >= 0.3 is 5.97 Å². The molecule has 0 fully saturated rings. The van der Waals surface area contributed by atoms with Crippen LogP contribution in [0.4, 0.5) is 0 Å². The molecule has 0 amide bonds. The van der Waals surface area contributed by atoms with Gasteiger partial charge in [-0.05, 0) is 19.1 Å². The Morgan fingerprint density at radius 3 is 2.90 bits per heavy atom. The Balaban J connectivity index is 3.67. The largest absolute Gasteiger partial charge is 0.469 e. The molecular weight excluding hydrogens is 150 g/mol. The first kappa shape index (κ1) is 9.27. The van der Waals surface area contributed by atoms with Gasteiger partial charge in [-0.3, -0.25) is 4.79 Å². The first-order valence-corrected chi connectivity index (χ1v) is 3.25. The third kappa shape index (κ3) is 4.18. The van der Waals surface area contributed by atoms with Gasteiger partial charge < -0.3 is 4.74 Å². The summed E-state index contributed by atoms with van der Waals surface area (Å²) < 4.78 is 4.41. The molecule has 0 aromatic heterocycles. The average Bonchev–Trinajstić information content (AvgIpc) is 1.88. The molecule has 0 bridgehead atoms. The Hall–Kier alpha value is -0.730. The van der Waals surface area contributed by atoms with Crippen LogP contribution in [0.2, 0.25) is 0 Å². The molecule has 0 aromatic rings. The third-order valence-electron chi connectivity index (χ3n) is 0.963. The molecule has 0 aromatic carbocycles. The molecule has 0 spiro atoms. The van der Waals surface area contributed by atoms with Crippen molar-refractivity contribution in [3.8, 4) is 0 Å². The van der Waals surface area contributed by atoms with Crippen LogP contribution in [0.15, 0.2) is 4.99 Å². The molecule has 56 valence electrons. The van der Waals surface area contributed by atoms with Crippen LogP contribution in [0.5, 0.6) is 0 Å². The molecule has 0 aliphatic rings. The van der Waals surface area contributed by atoms with Crippen LogP contribution in [0, 0.1) is 0 Å². The summed E-state index contributed by atoms with van der Waals surface area (Å²) in [6, 6.07) is -0.120. The fraction of sp³-hybridized carbons (Fsp3) is 0.667. The van der Waals surface area contributed by atoms with Gasteiger partial charge in [0.1, 0.15) is 0 Å². The lowest BCUT2D eigenvalue weighted by Crippen LogP contribution is -2.08. The van der Waals surface area contributed by atoms with Crippen molar-refractivity contribution in [2.24, 2.45) is 4.99 Å². The lowest BCUT2D eigenvalue weighted by atomic mass is 10.2. The molecule has 4 heteroatoms. The van der Waals surface area contributed by atoms with Crippen molar-refractivity contribution in [3.05, 3.63) is 0 Å². The molecule has 0 rings (SSSR count). The molecular formula is C6H9NO2S. The van der Waals surface area contributed by atoms with Crippen molar-refractivity contribution in [2.75, 3.05) is 7.11 Å². The minimum atomic E-state index is -0.276. The second-order valence-corrected chi connectivity index (χ2v) is 2.03. The highest BCUT2D eigenvalue weighted by atomic mass is 32.1. The van der Waals surface area contributed by atoms with Gasteiger partial charge in [0.2, 0.25) is 0 Å². The van der Waals surface area contributed by atoms with E-state index in [1.807, 2.05) is 0 Å². The first-order chi connectivity index (χ1) is 4.70. The Morgan fingerprint density at radius 1 is 1.90 bits per heavy atom. The molecule has 0 aliphatic heterocycles. The SMILES string of the molecule is COC(=O)C[C@H](C)N=C=S. The van der Waals surface area contributed by atoms with Gasteiger partial charge in [-0.15, -0.1) is 0 Å². The molecule has 0 unspecified atom stereocenters. The zero-order valence-corrected chi connectivity index (χ0v) is 6.77. The van der Waals surface area contributed by atoms with E-state index in [1.54, 1.807) is 6.92 Å². The van der Waals surface area contributed by atoms with E-state index in [0.29, 0.717) is 0 Å². The Bertz CT molecular complexity index is 163. The Labute approximate surface area is 65.1 Å². The van der Waals surface area contributed by atoms with Gasteiger partial charge in [0.05, 0.1) is 24.7 Å². The number of hydrogen-bond donors (Lipinski definition) is 0. The zero-order chi connectivity index (χ0) is 7.98. The zero-order valence-electron chi connectivity index (χ0n) is 5.96. The Kier molecular flexibility index (Phi) is 4.72. The van der Waals surface area contributed by atoms with Gasteiger partial charge in [0.15, 0.2) is 0 Å². The maximum absolute atomic E-state index is 10.6. The standard InChI is InChI=1S/C6H9NO2S/c1-5(7-4-10)3-6(8)9-2/h5H,3H2,1-2H3/t5-/m0/s1. The predicted molar refractivity (Wildman–Crippen MR) is 41.1 cm³/mol. The highest BCUT2D eigenvalue weighted by molar-refractivity contribution is 7.78. The molecule has 3 nitrogen and oxygen atoms in total. The molecule has 10 heavy (non-hydrogen) atoms. The van der Waals surface area contributed by atoms with Gasteiger partial charge in [0.25, 0.3) is 0 Å². The van der Waals surface area contributed by atoms with E-state index in [1.165, 1.54) is 7.11 Å². The number of rotatable bonds is 3. The molecule has 1 atom stereocenters. The number of isothiocyanates is 1. The molecule has 0 heterocycles. The summed E-state index contributed by atoms with van der Waals surface area (Å²) >= 11 is 4.35.